The summed E-state index contributed by atoms with van der Waals surface area (Å²) in [6, 6.07) is 9.04. The van der Waals surface area contributed by atoms with Crippen LogP contribution >= 0.6 is 0 Å². The lowest BCUT2D eigenvalue weighted by molar-refractivity contribution is -0.175. The second-order valence-corrected chi connectivity index (χ2v) is 7.32. The van der Waals surface area contributed by atoms with Crippen molar-refractivity contribution in [2.45, 2.75) is 95.7 Å². The average Bonchev–Trinajstić information content (AvgIpc) is 2.62. The number of hydrogen-bond acceptors (Lipinski definition) is 3. The molecule has 0 aliphatic carbocycles. The summed E-state index contributed by atoms with van der Waals surface area (Å²) in [6.07, 6.45) is 14.2. The minimum absolute atomic E-state index is 0.305. The standard InChI is InChI=1S/C22H36O4/c23-21(24)18-14-9-7-5-3-1-2-4-6-8-10-15-19-22(25,26)20-16-12-11-13-17-20/h11-13,16-17,25-26H,1-10,14-15,18-19H2,(H,23,24). The number of carbonyl (C=O) groups is 1. The van der Waals surface area contributed by atoms with Gasteiger partial charge in [0.25, 0.3) is 0 Å². The number of benzene rings is 1. The first-order chi connectivity index (χ1) is 12.5. The third-order valence-electron chi connectivity index (χ3n) is 4.90. The van der Waals surface area contributed by atoms with Crippen LogP contribution in [0.1, 0.15) is 95.5 Å². The zero-order valence-corrected chi connectivity index (χ0v) is 16.0. The lowest BCUT2D eigenvalue weighted by Crippen LogP contribution is -2.24. The highest BCUT2D eigenvalue weighted by Gasteiger charge is 2.24. The molecule has 3 N–H and O–H groups in total. The summed E-state index contributed by atoms with van der Waals surface area (Å²) in [5, 5.41) is 28.8. The number of hydrogen-bond donors (Lipinski definition) is 3. The maximum atomic E-state index is 10.4. The number of rotatable bonds is 16. The first-order valence-electron chi connectivity index (χ1n) is 10.2. The summed E-state index contributed by atoms with van der Waals surface area (Å²) in [5.41, 5.74) is 0.572. The van der Waals surface area contributed by atoms with Crippen molar-refractivity contribution in [3.05, 3.63) is 35.9 Å². The lowest BCUT2D eigenvalue weighted by atomic mass is 9.98. The molecule has 0 unspecified atom stereocenters. The summed E-state index contributed by atoms with van der Waals surface area (Å²) < 4.78 is 0. The second-order valence-electron chi connectivity index (χ2n) is 7.32. The van der Waals surface area contributed by atoms with E-state index in [9.17, 15) is 15.0 Å². The topological polar surface area (TPSA) is 77.8 Å². The first kappa shape index (κ1) is 22.7. The van der Waals surface area contributed by atoms with Crippen molar-refractivity contribution in [1.29, 1.82) is 0 Å². The molecule has 4 nitrogen and oxygen atoms in total. The van der Waals surface area contributed by atoms with Crippen molar-refractivity contribution < 1.29 is 20.1 Å². The predicted octanol–water partition coefficient (Wildman–Crippen LogP) is 5.37. The van der Waals surface area contributed by atoms with Crippen molar-refractivity contribution >= 4 is 5.97 Å². The quantitative estimate of drug-likeness (QED) is 0.272. The van der Waals surface area contributed by atoms with Gasteiger partial charge in [0.15, 0.2) is 5.79 Å². The minimum atomic E-state index is -1.70. The van der Waals surface area contributed by atoms with Crippen LogP contribution in [0, 0.1) is 0 Å². The molecule has 1 aromatic rings. The van der Waals surface area contributed by atoms with E-state index in [-0.39, 0.29) is 0 Å². The van der Waals surface area contributed by atoms with Crippen LogP contribution in [0.15, 0.2) is 30.3 Å². The van der Waals surface area contributed by atoms with Crippen molar-refractivity contribution in [1.82, 2.24) is 0 Å². The molecule has 0 aliphatic rings. The summed E-state index contributed by atoms with van der Waals surface area (Å²) >= 11 is 0. The van der Waals surface area contributed by atoms with Gasteiger partial charge in [0.05, 0.1) is 0 Å². The molecule has 0 atom stereocenters. The fourth-order valence-corrected chi connectivity index (χ4v) is 3.26. The van der Waals surface area contributed by atoms with Crippen molar-refractivity contribution in [3.63, 3.8) is 0 Å². The Hall–Kier alpha value is -1.39. The Morgan fingerprint density at radius 2 is 1.12 bits per heavy atom. The van der Waals surface area contributed by atoms with E-state index in [0.717, 1.165) is 38.5 Å². The fraction of sp³-hybridized carbons (Fsp3) is 0.682. The van der Waals surface area contributed by atoms with Crippen LogP contribution in [0.5, 0.6) is 0 Å². The molecule has 26 heavy (non-hydrogen) atoms. The average molecular weight is 365 g/mol. The van der Waals surface area contributed by atoms with Crippen LogP contribution in [0.2, 0.25) is 0 Å². The zero-order valence-electron chi connectivity index (χ0n) is 16.0. The van der Waals surface area contributed by atoms with Crippen LogP contribution in [0.4, 0.5) is 0 Å². The van der Waals surface area contributed by atoms with Gasteiger partial charge in [-0.3, -0.25) is 4.79 Å². The predicted molar refractivity (Wildman–Crippen MR) is 105 cm³/mol. The molecule has 0 fully saturated rings. The van der Waals surface area contributed by atoms with Crippen LogP contribution in [-0.4, -0.2) is 21.3 Å². The maximum absolute atomic E-state index is 10.4. The van der Waals surface area contributed by atoms with Gasteiger partial charge in [-0.25, -0.2) is 0 Å². The Kier molecular flexibility index (Phi) is 12.0. The summed E-state index contributed by atoms with van der Waals surface area (Å²) in [7, 11) is 0. The Labute approximate surface area is 158 Å². The summed E-state index contributed by atoms with van der Waals surface area (Å²) in [6.45, 7) is 0. The van der Waals surface area contributed by atoms with E-state index in [2.05, 4.69) is 0 Å². The molecule has 1 aromatic carbocycles. The molecular weight excluding hydrogens is 328 g/mol. The van der Waals surface area contributed by atoms with Gasteiger partial charge in [0, 0.05) is 18.4 Å². The Morgan fingerprint density at radius 3 is 1.58 bits per heavy atom. The van der Waals surface area contributed by atoms with Crippen molar-refractivity contribution in [2.24, 2.45) is 0 Å². The normalized spacial score (nSPS) is 11.6. The van der Waals surface area contributed by atoms with Gasteiger partial charge in [-0.1, -0.05) is 94.5 Å². The van der Waals surface area contributed by atoms with Crippen molar-refractivity contribution in [2.75, 3.05) is 0 Å². The molecule has 0 spiro atoms. The number of aliphatic hydroxyl groups is 2. The Balaban J connectivity index is 1.87. The molecule has 0 saturated heterocycles. The molecule has 0 saturated carbocycles. The highest BCUT2D eigenvalue weighted by Crippen LogP contribution is 2.24. The Bertz CT molecular complexity index is 470. The third-order valence-corrected chi connectivity index (χ3v) is 4.90. The number of carboxylic acid groups (broad SMARTS) is 1. The Morgan fingerprint density at radius 1 is 0.692 bits per heavy atom. The van der Waals surface area contributed by atoms with E-state index < -0.39 is 11.8 Å². The van der Waals surface area contributed by atoms with Crippen molar-refractivity contribution in [3.8, 4) is 0 Å². The molecule has 0 bridgehead atoms. The molecule has 0 amide bonds. The lowest BCUT2D eigenvalue weighted by Gasteiger charge is -2.22. The molecule has 148 valence electrons. The van der Waals surface area contributed by atoms with Crippen LogP contribution < -0.4 is 0 Å². The summed E-state index contributed by atoms with van der Waals surface area (Å²) in [4.78, 5) is 10.4. The van der Waals surface area contributed by atoms with Gasteiger partial charge in [-0.2, -0.15) is 0 Å². The number of carboxylic acids is 1. The highest BCUT2D eigenvalue weighted by atomic mass is 16.5. The molecule has 0 radical (unpaired) electrons. The molecule has 0 heterocycles. The maximum Gasteiger partial charge on any atom is 0.303 e. The van der Waals surface area contributed by atoms with Gasteiger partial charge in [-0.05, 0) is 12.8 Å². The molecular formula is C22H36O4. The van der Waals surface area contributed by atoms with Gasteiger partial charge in [-0.15, -0.1) is 0 Å². The first-order valence-corrected chi connectivity index (χ1v) is 10.2. The summed E-state index contributed by atoms with van der Waals surface area (Å²) in [5.74, 6) is -2.39. The molecule has 0 aromatic heterocycles. The third kappa shape index (κ3) is 11.3. The zero-order chi connectivity index (χ0) is 19.1. The van der Waals surface area contributed by atoms with E-state index in [1.807, 2.05) is 18.2 Å². The number of unbranched alkanes of at least 4 members (excludes halogenated alkanes) is 11. The van der Waals surface area contributed by atoms with Crippen LogP contribution in [0.25, 0.3) is 0 Å². The monoisotopic (exact) mass is 364 g/mol. The van der Waals surface area contributed by atoms with Crippen LogP contribution in [0.3, 0.4) is 0 Å². The molecule has 4 heteroatoms. The van der Waals surface area contributed by atoms with E-state index in [4.69, 9.17) is 5.11 Å². The highest BCUT2D eigenvalue weighted by molar-refractivity contribution is 5.66. The minimum Gasteiger partial charge on any atom is -0.481 e. The molecule has 1 rings (SSSR count). The van der Waals surface area contributed by atoms with Gasteiger partial charge >= 0.3 is 5.97 Å². The fourth-order valence-electron chi connectivity index (χ4n) is 3.26. The van der Waals surface area contributed by atoms with E-state index in [0.29, 0.717) is 18.4 Å². The van der Waals surface area contributed by atoms with E-state index >= 15 is 0 Å². The van der Waals surface area contributed by atoms with E-state index in [1.54, 1.807) is 12.1 Å². The largest absolute Gasteiger partial charge is 0.481 e. The van der Waals surface area contributed by atoms with Gasteiger partial charge in [0.1, 0.15) is 0 Å². The smallest absolute Gasteiger partial charge is 0.303 e. The van der Waals surface area contributed by atoms with Gasteiger partial charge < -0.3 is 15.3 Å². The SMILES string of the molecule is O=C(O)CCCCCCCCCCCCCCC(O)(O)c1ccccc1. The van der Waals surface area contributed by atoms with Gasteiger partial charge in [0.2, 0.25) is 0 Å². The molecule has 0 aliphatic heterocycles. The van der Waals surface area contributed by atoms with Crippen LogP contribution in [-0.2, 0) is 10.6 Å². The number of aliphatic carboxylic acids is 1. The van der Waals surface area contributed by atoms with E-state index in [1.165, 1.54) is 38.5 Å². The second kappa shape index (κ2) is 13.8.